The molecule has 0 rings (SSSR count). The van der Waals surface area contributed by atoms with Crippen molar-refractivity contribution in [3.8, 4) is 0 Å². The van der Waals surface area contributed by atoms with E-state index in [1.807, 2.05) is 0 Å². The van der Waals surface area contributed by atoms with E-state index in [-0.39, 0.29) is 25.7 Å². The molecule has 0 aromatic carbocycles. The second kappa shape index (κ2) is 71.2. The summed E-state index contributed by atoms with van der Waals surface area (Å²) in [5, 5.41) is 10.6. The molecule has 0 aliphatic carbocycles. The van der Waals surface area contributed by atoms with E-state index >= 15 is 0 Å². The van der Waals surface area contributed by atoms with Crippen molar-refractivity contribution < 1.29 is 80.2 Å². The van der Waals surface area contributed by atoms with Crippen molar-refractivity contribution in [2.45, 2.75) is 413 Å². The molecule has 584 valence electrons. The minimum atomic E-state index is -4.97. The second-order valence-corrected chi connectivity index (χ2v) is 32.0. The Morgan fingerprint density at radius 3 is 0.828 bits per heavy atom. The van der Waals surface area contributed by atoms with Gasteiger partial charge < -0.3 is 33.8 Å². The number of ether oxygens (including phenoxy) is 4. The third kappa shape index (κ3) is 73.6. The molecule has 0 saturated carbocycles. The summed E-state index contributed by atoms with van der Waals surface area (Å²) in [5.74, 6) is -0.675. The predicted octanol–water partition coefficient (Wildman–Crippen LogP) is 23.4. The Morgan fingerprint density at radius 1 is 0.313 bits per heavy atom. The van der Waals surface area contributed by atoms with Gasteiger partial charge in [0, 0.05) is 25.7 Å². The molecule has 0 spiro atoms. The SMILES string of the molecule is CCCCCC/C=C\C=C/CCCCCCCC(=O)OC[C@H](COP(=O)(O)OC[C@@H](O)COP(=O)(O)OC[C@@H](COC(=O)CCCCCCCCCC(C)C)OC(=O)CCCCCCCCCCCCCC(C)C)OC(=O)CCCCCCCCCCCCCCCCCCCCCC. The van der Waals surface area contributed by atoms with Crippen molar-refractivity contribution in [1.82, 2.24) is 0 Å². The van der Waals surface area contributed by atoms with Crippen LogP contribution in [0.2, 0.25) is 0 Å². The quantitative estimate of drug-likeness (QED) is 0.0169. The van der Waals surface area contributed by atoms with Crippen molar-refractivity contribution in [3.05, 3.63) is 24.3 Å². The molecule has 0 saturated heterocycles. The maximum Gasteiger partial charge on any atom is 0.472 e. The molecule has 0 amide bonds. The fraction of sp³-hybridized carbons (Fsp3) is 0.900. The average molecular weight is 1450 g/mol. The standard InChI is InChI=1S/C80H152O17P2/c1-7-9-11-13-15-17-19-21-23-24-25-26-27-29-31-35-39-45-52-58-64-79(84)96-75(68-90-77(82)62-56-50-44-38-34-30-28-22-20-18-16-14-12-10-8-2)70-94-98(86,87)92-66-74(81)67-93-99(88,89)95-71-76(69-91-78(83)63-57-51-47-41-43-49-55-61-73(5)6)97-80(85)65-59-53-46-40-36-32-33-37-42-48-54-60-72(3)4/h18,20,22,28,72-76,81H,7-17,19,21,23-27,29-71H2,1-6H3,(H,86,87)(H,88,89)/b20-18-,28-22-/t74-,75-,76-/m1/s1. The number of unbranched alkanes of at least 4 members (excludes halogenated alkanes) is 44. The van der Waals surface area contributed by atoms with Gasteiger partial charge >= 0.3 is 39.5 Å². The fourth-order valence-corrected chi connectivity index (χ4v) is 13.4. The van der Waals surface area contributed by atoms with Gasteiger partial charge in [-0.1, -0.05) is 342 Å². The summed E-state index contributed by atoms with van der Waals surface area (Å²) in [6, 6.07) is 0. The van der Waals surface area contributed by atoms with Crippen LogP contribution < -0.4 is 0 Å². The van der Waals surface area contributed by atoms with E-state index in [1.54, 1.807) is 0 Å². The number of carbonyl (C=O) groups excluding carboxylic acids is 4. The molecule has 0 fully saturated rings. The van der Waals surface area contributed by atoms with Crippen LogP contribution in [0, 0.1) is 11.8 Å². The van der Waals surface area contributed by atoms with Crippen LogP contribution in [-0.2, 0) is 65.4 Å². The van der Waals surface area contributed by atoms with Gasteiger partial charge in [-0.3, -0.25) is 37.3 Å². The van der Waals surface area contributed by atoms with E-state index in [4.69, 9.17) is 37.0 Å². The molecule has 99 heavy (non-hydrogen) atoms. The summed E-state index contributed by atoms with van der Waals surface area (Å²) in [4.78, 5) is 72.9. The lowest BCUT2D eigenvalue weighted by molar-refractivity contribution is -0.161. The molecular formula is C80H152O17P2. The minimum Gasteiger partial charge on any atom is -0.462 e. The van der Waals surface area contributed by atoms with E-state index < -0.39 is 97.5 Å². The van der Waals surface area contributed by atoms with Crippen molar-refractivity contribution in [2.24, 2.45) is 11.8 Å². The number of phosphoric acid groups is 2. The molecule has 0 bridgehead atoms. The van der Waals surface area contributed by atoms with Crippen LogP contribution in [0.5, 0.6) is 0 Å². The van der Waals surface area contributed by atoms with Gasteiger partial charge in [-0.15, -0.1) is 0 Å². The largest absolute Gasteiger partial charge is 0.472 e. The Balaban J connectivity index is 5.26. The molecule has 19 heteroatoms. The molecule has 17 nitrogen and oxygen atoms in total. The van der Waals surface area contributed by atoms with Crippen LogP contribution in [0.4, 0.5) is 0 Å². The van der Waals surface area contributed by atoms with E-state index in [2.05, 4.69) is 65.8 Å². The minimum absolute atomic E-state index is 0.102. The van der Waals surface area contributed by atoms with Gasteiger partial charge in [0.25, 0.3) is 0 Å². The van der Waals surface area contributed by atoms with Crippen LogP contribution in [0.3, 0.4) is 0 Å². The lowest BCUT2D eigenvalue weighted by Gasteiger charge is -2.21. The lowest BCUT2D eigenvalue weighted by atomic mass is 10.0. The van der Waals surface area contributed by atoms with Gasteiger partial charge in [0.1, 0.15) is 19.3 Å². The zero-order valence-corrected chi connectivity index (χ0v) is 66.1. The molecule has 0 heterocycles. The average Bonchev–Trinajstić information content (AvgIpc) is 0.961. The lowest BCUT2D eigenvalue weighted by Crippen LogP contribution is -2.30. The summed E-state index contributed by atoms with van der Waals surface area (Å²) in [5.41, 5.74) is 0. The predicted molar refractivity (Wildman–Crippen MR) is 404 cm³/mol. The third-order valence-electron chi connectivity index (χ3n) is 18.1. The number of aliphatic hydroxyl groups excluding tert-OH is 1. The number of aliphatic hydroxyl groups is 1. The van der Waals surface area contributed by atoms with Crippen molar-refractivity contribution in [1.29, 1.82) is 0 Å². The Morgan fingerprint density at radius 2 is 0.545 bits per heavy atom. The second-order valence-electron chi connectivity index (χ2n) is 29.1. The van der Waals surface area contributed by atoms with Crippen LogP contribution in [-0.4, -0.2) is 96.7 Å². The first-order valence-corrected chi connectivity index (χ1v) is 43.8. The number of hydrogen-bond acceptors (Lipinski definition) is 15. The van der Waals surface area contributed by atoms with E-state index in [0.29, 0.717) is 31.6 Å². The van der Waals surface area contributed by atoms with E-state index in [1.165, 1.54) is 186 Å². The number of hydrogen-bond donors (Lipinski definition) is 3. The van der Waals surface area contributed by atoms with Gasteiger partial charge in [0.15, 0.2) is 12.2 Å². The topological polar surface area (TPSA) is 237 Å². The van der Waals surface area contributed by atoms with Gasteiger partial charge in [0.05, 0.1) is 26.4 Å². The van der Waals surface area contributed by atoms with Crippen LogP contribution >= 0.6 is 15.6 Å². The van der Waals surface area contributed by atoms with Gasteiger partial charge in [-0.25, -0.2) is 9.13 Å². The number of rotatable bonds is 77. The highest BCUT2D eigenvalue weighted by Gasteiger charge is 2.30. The zero-order chi connectivity index (χ0) is 72.8. The molecule has 2 unspecified atom stereocenters. The highest BCUT2D eigenvalue weighted by molar-refractivity contribution is 7.47. The normalized spacial score (nSPS) is 14.1. The van der Waals surface area contributed by atoms with Gasteiger partial charge in [-0.05, 0) is 63.2 Å². The first kappa shape index (κ1) is 96.5. The molecular weight excluding hydrogens is 1290 g/mol. The number of carbonyl (C=O) groups is 4. The number of allylic oxidation sites excluding steroid dienone is 4. The Kier molecular flexibility index (Phi) is 69.4. The van der Waals surface area contributed by atoms with Gasteiger partial charge in [-0.2, -0.15) is 0 Å². The summed E-state index contributed by atoms with van der Waals surface area (Å²) < 4.78 is 68.6. The van der Waals surface area contributed by atoms with E-state index in [9.17, 15) is 43.2 Å². The Bertz CT molecular complexity index is 2000. The maximum atomic E-state index is 13.1. The summed E-state index contributed by atoms with van der Waals surface area (Å²) in [6.45, 7) is 9.50. The highest BCUT2D eigenvalue weighted by atomic mass is 31.2. The Hall–Kier alpha value is -2.46. The molecule has 5 atom stereocenters. The van der Waals surface area contributed by atoms with Crippen molar-refractivity contribution in [2.75, 3.05) is 39.6 Å². The number of esters is 4. The van der Waals surface area contributed by atoms with Crippen LogP contribution in [0.15, 0.2) is 24.3 Å². The molecule has 0 radical (unpaired) electrons. The first-order valence-electron chi connectivity index (χ1n) is 40.8. The third-order valence-corrected chi connectivity index (χ3v) is 20.0. The monoisotopic (exact) mass is 1450 g/mol. The van der Waals surface area contributed by atoms with E-state index in [0.717, 1.165) is 121 Å². The van der Waals surface area contributed by atoms with Crippen LogP contribution in [0.1, 0.15) is 395 Å². The van der Waals surface area contributed by atoms with Gasteiger partial charge in [0.2, 0.25) is 0 Å². The molecule has 0 aromatic rings. The smallest absolute Gasteiger partial charge is 0.462 e. The van der Waals surface area contributed by atoms with Crippen molar-refractivity contribution >= 4 is 39.5 Å². The summed E-state index contributed by atoms with van der Waals surface area (Å²) >= 11 is 0. The molecule has 0 aromatic heterocycles. The zero-order valence-electron chi connectivity index (χ0n) is 64.3. The van der Waals surface area contributed by atoms with Crippen LogP contribution in [0.25, 0.3) is 0 Å². The maximum absolute atomic E-state index is 13.1. The Labute approximate surface area is 605 Å². The first-order chi connectivity index (χ1) is 47.9. The number of phosphoric ester groups is 2. The summed E-state index contributed by atoms with van der Waals surface area (Å²) in [7, 11) is -9.93. The molecule has 0 aliphatic heterocycles. The fourth-order valence-electron chi connectivity index (χ4n) is 11.8. The molecule has 0 aliphatic rings. The van der Waals surface area contributed by atoms with Crippen molar-refractivity contribution in [3.63, 3.8) is 0 Å². The molecule has 3 N–H and O–H groups in total. The highest BCUT2D eigenvalue weighted by Crippen LogP contribution is 2.45. The summed E-state index contributed by atoms with van der Waals surface area (Å²) in [6.07, 6.45) is 63.4.